The molecular weight excluding hydrogens is 410 g/mol. The predicted molar refractivity (Wildman–Crippen MR) is 114 cm³/mol. The highest BCUT2D eigenvalue weighted by Gasteiger charge is 2.31. The number of hydrogen-bond donors (Lipinski definition) is 1. The monoisotopic (exact) mass is 427 g/mol. The summed E-state index contributed by atoms with van der Waals surface area (Å²) in [5.74, 6) is 0.993. The largest absolute Gasteiger partial charge is 0.478 e. The van der Waals surface area contributed by atoms with E-state index in [9.17, 15) is 4.79 Å². The van der Waals surface area contributed by atoms with Crippen molar-refractivity contribution in [2.24, 2.45) is 0 Å². The molecule has 148 valence electrons. The van der Waals surface area contributed by atoms with Gasteiger partial charge in [0.25, 0.3) is 5.91 Å². The van der Waals surface area contributed by atoms with Crippen LogP contribution in [0, 0.1) is 6.92 Å². The zero-order chi connectivity index (χ0) is 20.6. The molecule has 1 N–H and O–H groups in total. The van der Waals surface area contributed by atoms with E-state index in [1.165, 1.54) is 11.3 Å². The molecule has 4 aromatic rings. The summed E-state index contributed by atoms with van der Waals surface area (Å²) in [6, 6.07) is 14.4. The first-order valence-corrected chi connectivity index (χ1v) is 10.1. The number of nitrogens with one attached hydrogen (secondary N) is 1. The third-order valence-corrected chi connectivity index (χ3v) is 5.47. The van der Waals surface area contributed by atoms with Gasteiger partial charge in [0.1, 0.15) is 10.8 Å². The zero-order valence-electron chi connectivity index (χ0n) is 16.0. The van der Waals surface area contributed by atoms with Crippen molar-refractivity contribution in [2.75, 3.05) is 5.32 Å². The van der Waals surface area contributed by atoms with Gasteiger partial charge in [-0.05, 0) is 57.2 Å². The molecule has 0 atom stereocenters. The van der Waals surface area contributed by atoms with Crippen LogP contribution in [0.1, 0.15) is 19.7 Å². The number of rotatable bonds is 5. The number of para-hydroxylation sites is 1. The minimum absolute atomic E-state index is 0.279. The van der Waals surface area contributed by atoms with Crippen LogP contribution in [0.15, 0.2) is 48.5 Å². The SMILES string of the molecule is Cc1nnc2sc(-c3ccccc3NC(=O)C(C)(C)Oc3ccc(Cl)cc3)nn12. The van der Waals surface area contributed by atoms with E-state index in [4.69, 9.17) is 16.3 Å². The maximum Gasteiger partial charge on any atom is 0.267 e. The van der Waals surface area contributed by atoms with Crippen LogP contribution in [0.4, 0.5) is 5.69 Å². The highest BCUT2D eigenvalue weighted by molar-refractivity contribution is 7.19. The van der Waals surface area contributed by atoms with Crippen LogP contribution < -0.4 is 10.1 Å². The molecule has 0 aliphatic carbocycles. The summed E-state index contributed by atoms with van der Waals surface area (Å²) in [6.45, 7) is 5.27. The van der Waals surface area contributed by atoms with Crippen LogP contribution in [0.2, 0.25) is 5.02 Å². The van der Waals surface area contributed by atoms with Crippen LogP contribution in [0.5, 0.6) is 5.75 Å². The van der Waals surface area contributed by atoms with Crippen LogP contribution in [-0.2, 0) is 4.79 Å². The van der Waals surface area contributed by atoms with Crippen LogP contribution in [-0.4, -0.2) is 31.3 Å². The first kappa shape index (κ1) is 19.4. The van der Waals surface area contributed by atoms with Gasteiger partial charge in [0.2, 0.25) is 4.96 Å². The number of aryl methyl sites for hydroxylation is 1. The van der Waals surface area contributed by atoms with E-state index in [2.05, 4.69) is 20.6 Å². The normalized spacial score (nSPS) is 11.6. The molecule has 2 aromatic carbocycles. The molecule has 1 amide bonds. The highest BCUT2D eigenvalue weighted by Crippen LogP contribution is 2.32. The minimum Gasteiger partial charge on any atom is -0.478 e. The number of ether oxygens (including phenoxy) is 1. The molecule has 4 rings (SSSR count). The van der Waals surface area contributed by atoms with Gasteiger partial charge in [-0.25, -0.2) is 0 Å². The number of hydrogen-bond acceptors (Lipinski definition) is 6. The molecule has 0 aliphatic rings. The van der Waals surface area contributed by atoms with E-state index in [1.54, 1.807) is 42.6 Å². The van der Waals surface area contributed by atoms with Crippen molar-refractivity contribution in [1.29, 1.82) is 0 Å². The summed E-state index contributed by atoms with van der Waals surface area (Å²) >= 11 is 7.32. The number of aromatic nitrogens is 4. The molecule has 2 heterocycles. The molecule has 2 aromatic heterocycles. The lowest BCUT2D eigenvalue weighted by atomic mass is 10.1. The fraction of sp³-hybridized carbons (Fsp3) is 0.200. The van der Waals surface area contributed by atoms with E-state index in [1.807, 2.05) is 31.2 Å². The zero-order valence-corrected chi connectivity index (χ0v) is 17.6. The number of nitrogens with zero attached hydrogens (tertiary/aromatic N) is 4. The van der Waals surface area contributed by atoms with Gasteiger partial charge in [-0.3, -0.25) is 4.79 Å². The Morgan fingerprint density at radius 3 is 2.59 bits per heavy atom. The third kappa shape index (κ3) is 3.94. The van der Waals surface area contributed by atoms with Crippen LogP contribution >= 0.6 is 22.9 Å². The standard InChI is InChI=1S/C20H18ClN5O2S/c1-12-23-24-19-26(12)25-17(29-19)15-6-4-5-7-16(15)22-18(27)20(2,3)28-14-10-8-13(21)9-11-14/h4-11H,1-3H3,(H,22,27). The Bertz CT molecular complexity index is 1180. The second-order valence-corrected chi connectivity index (χ2v) is 8.31. The second kappa shape index (κ2) is 7.46. The van der Waals surface area contributed by atoms with Gasteiger partial charge in [0, 0.05) is 10.6 Å². The Hall–Kier alpha value is -2.97. The van der Waals surface area contributed by atoms with Gasteiger partial charge in [-0.2, -0.15) is 9.61 Å². The molecule has 9 heteroatoms. The van der Waals surface area contributed by atoms with Crippen LogP contribution in [0.3, 0.4) is 0 Å². The molecule has 0 spiro atoms. The Morgan fingerprint density at radius 1 is 1.14 bits per heavy atom. The Labute approximate surface area is 176 Å². The number of carbonyl (C=O) groups is 1. The molecule has 0 radical (unpaired) electrons. The van der Waals surface area contributed by atoms with Crippen molar-refractivity contribution in [3.63, 3.8) is 0 Å². The molecule has 7 nitrogen and oxygen atoms in total. The van der Waals surface area contributed by atoms with E-state index < -0.39 is 5.60 Å². The molecular formula is C20H18ClN5O2S. The number of fused-ring (bicyclic) bond motifs is 1. The van der Waals surface area contributed by atoms with Crippen molar-refractivity contribution in [1.82, 2.24) is 19.8 Å². The topological polar surface area (TPSA) is 81.4 Å². The Morgan fingerprint density at radius 2 is 1.86 bits per heavy atom. The lowest BCUT2D eigenvalue weighted by Gasteiger charge is -2.25. The summed E-state index contributed by atoms with van der Waals surface area (Å²) in [5.41, 5.74) is 0.352. The Kier molecular flexibility index (Phi) is 4.97. The van der Waals surface area contributed by atoms with Crippen molar-refractivity contribution >= 4 is 39.5 Å². The fourth-order valence-corrected chi connectivity index (χ4v) is 3.77. The van der Waals surface area contributed by atoms with Crippen LogP contribution in [0.25, 0.3) is 15.5 Å². The highest BCUT2D eigenvalue weighted by atomic mass is 35.5. The van der Waals surface area contributed by atoms with Crippen molar-refractivity contribution in [3.05, 3.63) is 59.4 Å². The molecule has 0 saturated heterocycles. The molecule has 0 fully saturated rings. The predicted octanol–water partition coefficient (Wildman–Crippen LogP) is 4.61. The lowest BCUT2D eigenvalue weighted by Crippen LogP contribution is -2.42. The summed E-state index contributed by atoms with van der Waals surface area (Å²) in [6.07, 6.45) is 0. The van der Waals surface area contributed by atoms with Gasteiger partial charge in [0.15, 0.2) is 11.4 Å². The third-order valence-electron chi connectivity index (χ3n) is 4.29. The van der Waals surface area contributed by atoms with E-state index >= 15 is 0 Å². The minimum atomic E-state index is -1.10. The summed E-state index contributed by atoms with van der Waals surface area (Å²) in [7, 11) is 0. The smallest absolute Gasteiger partial charge is 0.267 e. The lowest BCUT2D eigenvalue weighted by molar-refractivity contribution is -0.128. The number of carbonyl (C=O) groups excluding carboxylic acids is 1. The number of amides is 1. The first-order chi connectivity index (χ1) is 13.8. The van der Waals surface area contributed by atoms with Gasteiger partial charge < -0.3 is 10.1 Å². The van der Waals surface area contributed by atoms with Gasteiger partial charge in [0.05, 0.1) is 5.69 Å². The number of anilines is 1. The molecule has 0 bridgehead atoms. The fourth-order valence-electron chi connectivity index (χ4n) is 2.72. The summed E-state index contributed by atoms with van der Waals surface area (Å²) in [4.78, 5) is 13.7. The quantitative estimate of drug-likeness (QED) is 0.503. The summed E-state index contributed by atoms with van der Waals surface area (Å²) < 4.78 is 7.57. The maximum absolute atomic E-state index is 13.0. The van der Waals surface area contributed by atoms with Crippen molar-refractivity contribution in [3.8, 4) is 16.3 Å². The van der Waals surface area contributed by atoms with E-state index in [-0.39, 0.29) is 5.91 Å². The molecule has 0 saturated carbocycles. The van der Waals surface area contributed by atoms with Gasteiger partial charge in [-0.15, -0.1) is 10.2 Å². The number of halogens is 1. The van der Waals surface area contributed by atoms with E-state index in [0.717, 1.165) is 10.6 Å². The van der Waals surface area contributed by atoms with Crippen molar-refractivity contribution in [2.45, 2.75) is 26.4 Å². The molecule has 0 unspecified atom stereocenters. The molecule has 0 aliphatic heterocycles. The second-order valence-electron chi connectivity index (χ2n) is 6.91. The summed E-state index contributed by atoms with van der Waals surface area (Å²) in [5, 5.41) is 17.0. The van der Waals surface area contributed by atoms with Gasteiger partial charge >= 0.3 is 0 Å². The maximum atomic E-state index is 13.0. The average Bonchev–Trinajstić information content (AvgIpc) is 3.26. The Balaban J connectivity index is 1.59. The number of benzene rings is 2. The first-order valence-electron chi connectivity index (χ1n) is 8.88. The average molecular weight is 428 g/mol. The van der Waals surface area contributed by atoms with Crippen molar-refractivity contribution < 1.29 is 9.53 Å². The van der Waals surface area contributed by atoms with E-state index in [0.29, 0.717) is 27.2 Å². The van der Waals surface area contributed by atoms with Gasteiger partial charge in [-0.1, -0.05) is 35.1 Å². The molecule has 29 heavy (non-hydrogen) atoms.